The Hall–Kier alpha value is -2.66. The molecule has 2 aromatic rings. The first-order valence-electron chi connectivity index (χ1n) is 8.07. The van der Waals surface area contributed by atoms with Crippen molar-refractivity contribution in [1.82, 2.24) is 15.8 Å². The lowest BCUT2D eigenvalue weighted by Gasteiger charge is -2.25. The van der Waals surface area contributed by atoms with Gasteiger partial charge in [0.15, 0.2) is 11.5 Å². The largest absolute Gasteiger partial charge is 0.485 e. The van der Waals surface area contributed by atoms with Crippen molar-refractivity contribution in [3.8, 4) is 11.5 Å². The number of nitrogens with one attached hydrogen (secondary N) is 2. The number of alkyl halides is 3. The average Bonchev–Trinajstić information content (AvgIpc) is 2.70. The van der Waals surface area contributed by atoms with E-state index in [2.05, 4.69) is 15.8 Å². The number of nitrogens with zero attached hydrogens (tertiary/aromatic N) is 1. The summed E-state index contributed by atoms with van der Waals surface area (Å²) in [6.07, 6.45) is -4.89. The number of fused-ring (bicyclic) bond motifs is 1. The zero-order chi connectivity index (χ0) is 21.0. The quantitative estimate of drug-likeness (QED) is 0.553. The maximum atomic E-state index is 12.6. The Labute approximate surface area is 171 Å². The Morgan fingerprint density at radius 1 is 1.24 bits per heavy atom. The molecule has 3 rings (SSSR count). The zero-order valence-corrected chi connectivity index (χ0v) is 16.0. The number of aromatic nitrogens is 1. The molecule has 2 amide bonds. The van der Waals surface area contributed by atoms with Crippen LogP contribution in [0.4, 0.5) is 13.2 Å². The summed E-state index contributed by atoms with van der Waals surface area (Å²) in [4.78, 5) is 27.6. The molecule has 2 N–H and O–H groups in total. The Morgan fingerprint density at radius 3 is 2.66 bits per heavy atom. The van der Waals surface area contributed by atoms with E-state index >= 15 is 0 Å². The Kier molecular flexibility index (Phi) is 6.38. The summed E-state index contributed by atoms with van der Waals surface area (Å²) >= 11 is 6.60. The first-order chi connectivity index (χ1) is 13.7. The SMILES string of the molecule is O=C(CSc1ncc(C(F)(F)F)cc1Cl)NNC(=O)C1COc2ccccc2O1. The molecule has 154 valence electrons. The zero-order valence-electron chi connectivity index (χ0n) is 14.5. The Balaban J connectivity index is 1.46. The van der Waals surface area contributed by atoms with Crippen molar-refractivity contribution in [1.29, 1.82) is 0 Å². The number of halogens is 4. The van der Waals surface area contributed by atoms with E-state index in [1.165, 1.54) is 0 Å². The highest BCUT2D eigenvalue weighted by Crippen LogP contribution is 2.33. The molecule has 2 heterocycles. The minimum Gasteiger partial charge on any atom is -0.485 e. The van der Waals surface area contributed by atoms with Gasteiger partial charge in [-0.25, -0.2) is 4.98 Å². The number of thioether (sulfide) groups is 1. The molecule has 0 radical (unpaired) electrons. The topological polar surface area (TPSA) is 89.6 Å². The fraction of sp³-hybridized carbons (Fsp3) is 0.235. The lowest BCUT2D eigenvalue weighted by molar-refractivity contribution is -0.138. The molecule has 1 aromatic carbocycles. The van der Waals surface area contributed by atoms with Crippen molar-refractivity contribution in [2.24, 2.45) is 0 Å². The third kappa shape index (κ3) is 5.45. The summed E-state index contributed by atoms with van der Waals surface area (Å²) in [7, 11) is 0. The van der Waals surface area contributed by atoms with Gasteiger partial charge in [0.1, 0.15) is 11.6 Å². The van der Waals surface area contributed by atoms with E-state index in [0.29, 0.717) is 17.7 Å². The lowest BCUT2D eigenvalue weighted by Crippen LogP contribution is -2.51. The van der Waals surface area contributed by atoms with E-state index < -0.39 is 29.7 Å². The number of rotatable bonds is 4. The van der Waals surface area contributed by atoms with Crippen molar-refractivity contribution in [2.45, 2.75) is 17.3 Å². The summed E-state index contributed by atoms with van der Waals surface area (Å²) in [6.45, 7) is -0.0292. The first kappa shape index (κ1) is 21.1. The number of hydrazine groups is 1. The molecule has 1 unspecified atom stereocenters. The highest BCUT2D eigenvalue weighted by atomic mass is 35.5. The van der Waals surface area contributed by atoms with Crippen molar-refractivity contribution >= 4 is 35.2 Å². The molecule has 0 spiro atoms. The van der Waals surface area contributed by atoms with Crippen molar-refractivity contribution in [3.63, 3.8) is 0 Å². The third-order valence-corrected chi connectivity index (χ3v) is 5.01. The monoisotopic (exact) mass is 447 g/mol. The minimum absolute atomic E-state index is 0.0292. The molecule has 0 fully saturated rings. The van der Waals surface area contributed by atoms with E-state index in [-0.39, 0.29) is 22.4 Å². The number of ether oxygens (including phenoxy) is 2. The third-order valence-electron chi connectivity index (χ3n) is 3.60. The fourth-order valence-electron chi connectivity index (χ4n) is 2.22. The van der Waals surface area contributed by atoms with E-state index in [0.717, 1.165) is 17.8 Å². The summed E-state index contributed by atoms with van der Waals surface area (Å²) in [6, 6.07) is 7.56. The predicted octanol–water partition coefficient (Wildman–Crippen LogP) is 2.83. The first-order valence-corrected chi connectivity index (χ1v) is 9.43. The molecule has 7 nitrogen and oxygen atoms in total. The van der Waals surface area contributed by atoms with Gasteiger partial charge in [-0.1, -0.05) is 35.5 Å². The van der Waals surface area contributed by atoms with Gasteiger partial charge in [0.25, 0.3) is 5.91 Å². The van der Waals surface area contributed by atoms with E-state index in [4.69, 9.17) is 21.1 Å². The molecule has 0 bridgehead atoms. The van der Waals surface area contributed by atoms with Crippen LogP contribution in [0, 0.1) is 0 Å². The molecule has 1 aliphatic rings. The number of hydrogen-bond acceptors (Lipinski definition) is 6. The van der Waals surface area contributed by atoms with Gasteiger partial charge < -0.3 is 9.47 Å². The van der Waals surface area contributed by atoms with Crippen molar-refractivity contribution < 1.29 is 32.2 Å². The molecule has 1 atom stereocenters. The number of hydrogen-bond donors (Lipinski definition) is 2. The van der Waals surface area contributed by atoms with Crippen LogP contribution in [-0.4, -0.2) is 35.3 Å². The Morgan fingerprint density at radius 2 is 1.97 bits per heavy atom. The second kappa shape index (κ2) is 8.78. The molecule has 12 heteroatoms. The molecule has 29 heavy (non-hydrogen) atoms. The van der Waals surface area contributed by atoms with Crippen LogP contribution in [-0.2, 0) is 15.8 Å². The van der Waals surface area contributed by atoms with Crippen LogP contribution in [0.15, 0.2) is 41.6 Å². The number of carbonyl (C=O) groups excluding carboxylic acids is 2. The van der Waals surface area contributed by atoms with Crippen LogP contribution in [0.25, 0.3) is 0 Å². The van der Waals surface area contributed by atoms with Crippen LogP contribution in [0.2, 0.25) is 5.02 Å². The number of benzene rings is 1. The van der Waals surface area contributed by atoms with Gasteiger partial charge in [-0.3, -0.25) is 20.4 Å². The van der Waals surface area contributed by atoms with Gasteiger partial charge in [-0.05, 0) is 18.2 Å². The highest BCUT2D eigenvalue weighted by Gasteiger charge is 2.32. The van der Waals surface area contributed by atoms with E-state index in [1.54, 1.807) is 24.3 Å². The smallest absolute Gasteiger partial charge is 0.417 e. The molecular weight excluding hydrogens is 435 g/mol. The highest BCUT2D eigenvalue weighted by molar-refractivity contribution is 8.00. The molecule has 0 saturated carbocycles. The van der Waals surface area contributed by atoms with Crippen LogP contribution in [0.3, 0.4) is 0 Å². The average molecular weight is 448 g/mol. The summed E-state index contributed by atoms with van der Waals surface area (Å²) in [5.74, 6) is -0.549. The Bertz CT molecular complexity index is 929. The maximum Gasteiger partial charge on any atom is 0.417 e. The molecular formula is C17H13ClF3N3O4S. The second-order valence-electron chi connectivity index (χ2n) is 5.70. The second-order valence-corrected chi connectivity index (χ2v) is 7.07. The number of para-hydroxylation sites is 2. The molecule has 0 aliphatic carbocycles. The van der Waals surface area contributed by atoms with Crippen LogP contribution in [0.1, 0.15) is 5.56 Å². The van der Waals surface area contributed by atoms with Gasteiger partial charge in [-0.2, -0.15) is 13.2 Å². The van der Waals surface area contributed by atoms with Crippen molar-refractivity contribution in [2.75, 3.05) is 12.4 Å². The van der Waals surface area contributed by atoms with Crippen LogP contribution < -0.4 is 20.3 Å². The predicted molar refractivity (Wildman–Crippen MR) is 97.6 cm³/mol. The lowest BCUT2D eigenvalue weighted by atomic mass is 10.2. The molecule has 0 saturated heterocycles. The number of pyridine rings is 1. The van der Waals surface area contributed by atoms with Gasteiger partial charge in [0.05, 0.1) is 16.3 Å². The fourth-order valence-corrected chi connectivity index (χ4v) is 3.21. The van der Waals surface area contributed by atoms with Gasteiger partial charge in [0.2, 0.25) is 12.0 Å². The van der Waals surface area contributed by atoms with Gasteiger partial charge >= 0.3 is 6.18 Å². The minimum atomic E-state index is -4.56. The normalized spacial score (nSPS) is 15.5. The van der Waals surface area contributed by atoms with Gasteiger partial charge in [0, 0.05) is 6.20 Å². The standard InChI is InChI=1S/C17H13ClF3N3O4S/c18-10-5-9(17(19,20)21)6-22-16(10)29-8-14(25)23-24-15(26)13-7-27-11-3-1-2-4-12(11)28-13/h1-6,13H,7-8H2,(H,23,25)(H,24,26). The number of carbonyl (C=O) groups is 2. The van der Waals surface area contributed by atoms with Crippen LogP contribution >= 0.6 is 23.4 Å². The summed E-state index contributed by atoms with van der Waals surface area (Å²) in [5.41, 5.74) is 3.40. The van der Waals surface area contributed by atoms with Gasteiger partial charge in [-0.15, -0.1) is 0 Å². The summed E-state index contributed by atoms with van der Waals surface area (Å²) < 4.78 is 48.7. The number of amides is 2. The van der Waals surface area contributed by atoms with E-state index in [1.807, 2.05) is 0 Å². The maximum absolute atomic E-state index is 12.6. The molecule has 1 aromatic heterocycles. The van der Waals surface area contributed by atoms with Crippen LogP contribution in [0.5, 0.6) is 11.5 Å². The van der Waals surface area contributed by atoms with E-state index in [9.17, 15) is 22.8 Å². The molecule has 1 aliphatic heterocycles. The van der Waals surface area contributed by atoms with Crippen molar-refractivity contribution in [3.05, 3.63) is 47.1 Å². The summed E-state index contributed by atoms with van der Waals surface area (Å²) in [5, 5.41) is -0.171.